The molecule has 5 unspecified atom stereocenters. The van der Waals surface area contributed by atoms with Gasteiger partial charge in [0.25, 0.3) is 0 Å². The SMILES string of the molecule is CC(=CCC(O[Si](C)(C)C(C)(C)C)C(C)=Cc1ccccn1)CCCC(C)C(O[Si](C)(C)C(C)(C)C)C(CC#C[Si](C)(C)C)C(=O)C(C)(C)C(CCO[Si](C)(C)C(C)(C)C)O[Si](C)(C)C(C)(C)C. The van der Waals surface area contributed by atoms with Crippen LogP contribution in [0.3, 0.4) is 0 Å². The molecule has 0 bridgehead atoms. The van der Waals surface area contributed by atoms with Crippen LogP contribution in [0, 0.1) is 28.7 Å². The third-order valence-corrected chi connectivity index (χ3v) is 35.3. The molecule has 1 aromatic heterocycles. The third-order valence-electron chi connectivity index (χ3n) is 16.4. The summed E-state index contributed by atoms with van der Waals surface area (Å²) in [6.45, 7) is 64.7. The number of allylic oxidation sites excluding steroid dienone is 1. The molecule has 0 aliphatic rings. The van der Waals surface area contributed by atoms with Gasteiger partial charge in [0.1, 0.15) is 13.9 Å². The van der Waals surface area contributed by atoms with Crippen molar-refractivity contribution >= 4 is 53.2 Å². The van der Waals surface area contributed by atoms with Crippen molar-refractivity contribution in [2.45, 2.75) is 267 Å². The van der Waals surface area contributed by atoms with Gasteiger partial charge in [-0.25, -0.2) is 0 Å². The molecule has 1 rings (SSSR count). The number of nitrogens with zero attached hydrogens (tertiary/aromatic N) is 1. The van der Waals surface area contributed by atoms with Gasteiger partial charge in [0.15, 0.2) is 33.3 Å². The number of hydrogen-bond donors (Lipinski definition) is 0. The van der Waals surface area contributed by atoms with E-state index in [2.05, 4.69) is 224 Å². The first-order valence-electron chi connectivity index (χ1n) is 26.3. The predicted octanol–water partition coefficient (Wildman–Crippen LogP) is 17.7. The van der Waals surface area contributed by atoms with Crippen molar-refractivity contribution in [2.75, 3.05) is 6.61 Å². The molecule has 0 N–H and O–H groups in total. The normalized spacial score (nSPS) is 17.0. The van der Waals surface area contributed by atoms with Crippen molar-refractivity contribution in [2.24, 2.45) is 17.3 Å². The Labute approximate surface area is 427 Å². The number of aromatic nitrogens is 1. The van der Waals surface area contributed by atoms with Crippen molar-refractivity contribution in [1.82, 2.24) is 4.98 Å². The molecule has 0 aliphatic heterocycles. The Morgan fingerprint density at radius 3 is 1.66 bits per heavy atom. The highest BCUT2D eigenvalue weighted by atomic mass is 28.4. The van der Waals surface area contributed by atoms with Crippen LogP contribution in [0.5, 0.6) is 0 Å². The van der Waals surface area contributed by atoms with E-state index in [9.17, 15) is 0 Å². The van der Waals surface area contributed by atoms with Gasteiger partial charge in [-0.2, -0.15) is 0 Å². The van der Waals surface area contributed by atoms with E-state index < -0.39 is 52.7 Å². The lowest BCUT2D eigenvalue weighted by atomic mass is 9.71. The molecule has 0 aliphatic carbocycles. The largest absolute Gasteiger partial charge is 0.417 e. The van der Waals surface area contributed by atoms with E-state index in [1.807, 2.05) is 18.3 Å². The highest BCUT2D eigenvalue weighted by Gasteiger charge is 2.51. The first-order chi connectivity index (χ1) is 30.3. The molecule has 5 atom stereocenters. The zero-order valence-corrected chi connectivity index (χ0v) is 54.8. The van der Waals surface area contributed by atoms with Gasteiger partial charge in [-0.05, 0) is 148 Å². The van der Waals surface area contributed by atoms with Crippen molar-refractivity contribution in [1.29, 1.82) is 0 Å². The first-order valence-corrected chi connectivity index (χ1v) is 41.4. The summed E-state index contributed by atoms with van der Waals surface area (Å²) in [5.74, 6) is 3.58. The Balaban J connectivity index is 3.81. The summed E-state index contributed by atoms with van der Waals surface area (Å²) in [5.41, 5.74) is 6.37. The van der Waals surface area contributed by atoms with Gasteiger partial charge >= 0.3 is 0 Å². The van der Waals surface area contributed by atoms with Gasteiger partial charge in [0, 0.05) is 24.6 Å². The summed E-state index contributed by atoms with van der Waals surface area (Å²) >= 11 is 0. The van der Waals surface area contributed by atoms with Crippen LogP contribution < -0.4 is 0 Å². The minimum absolute atomic E-state index is 0.0181. The molecule has 0 radical (unpaired) electrons. The summed E-state index contributed by atoms with van der Waals surface area (Å²) < 4.78 is 28.9. The molecule has 68 heavy (non-hydrogen) atoms. The molecule has 11 heteroatoms. The lowest BCUT2D eigenvalue weighted by molar-refractivity contribution is -0.141. The quantitative estimate of drug-likeness (QED) is 0.0584. The van der Waals surface area contributed by atoms with Crippen molar-refractivity contribution in [3.05, 3.63) is 47.3 Å². The number of rotatable bonds is 24. The van der Waals surface area contributed by atoms with Gasteiger partial charge in [0.05, 0.1) is 29.9 Å². The Bertz CT molecular complexity index is 1860. The minimum atomic E-state index is -2.35. The number of hydrogen-bond acceptors (Lipinski definition) is 6. The zero-order valence-electron chi connectivity index (χ0n) is 49.8. The average Bonchev–Trinajstić information content (AvgIpc) is 3.14. The minimum Gasteiger partial charge on any atom is -0.417 e. The van der Waals surface area contributed by atoms with E-state index >= 15 is 4.79 Å². The maximum atomic E-state index is 15.9. The van der Waals surface area contributed by atoms with Crippen LogP contribution in [-0.2, 0) is 22.5 Å². The standard InChI is InChI=1S/C57H109NO5Si5/c1-44(37-38-49(61-66(23,24)54(7,8)9)46(3)43-47-35-29-30-40-58-47)33-31-34-45(2)51(63-68(27,28)56(13,14)15)48(36-32-42-64(18,19)20)52(59)57(16,17)50(62-67(25,26)55(10,11)12)39-41-60-65(21,22)53(4,5)6/h29-30,35,37,40,43,45,48-51H,31,33-34,36,38-39,41H2,1-28H3. The molecule has 0 fully saturated rings. The molecular weight excluding hydrogens is 919 g/mol. The highest BCUT2D eigenvalue weighted by Crippen LogP contribution is 2.46. The van der Waals surface area contributed by atoms with Gasteiger partial charge in [-0.1, -0.05) is 141 Å². The lowest BCUT2D eigenvalue weighted by Crippen LogP contribution is -2.55. The topological polar surface area (TPSA) is 66.9 Å². The Kier molecular flexibility index (Phi) is 23.5. The smallest absolute Gasteiger partial charge is 0.192 e. The fraction of sp³-hybridized carbons (Fsp3) is 0.789. The van der Waals surface area contributed by atoms with Crippen LogP contribution in [0.1, 0.15) is 162 Å². The van der Waals surface area contributed by atoms with Crippen LogP contribution in [0.2, 0.25) is 92.2 Å². The van der Waals surface area contributed by atoms with Crippen molar-refractivity contribution in [3.8, 4) is 11.5 Å². The van der Waals surface area contributed by atoms with Gasteiger partial charge in [0.2, 0.25) is 0 Å². The number of carbonyl (C=O) groups excluding carboxylic acids is 1. The van der Waals surface area contributed by atoms with Crippen LogP contribution in [0.4, 0.5) is 0 Å². The maximum absolute atomic E-state index is 15.9. The molecule has 0 spiro atoms. The van der Waals surface area contributed by atoms with E-state index in [1.165, 1.54) is 11.1 Å². The second-order valence-electron chi connectivity index (χ2n) is 28.2. The fourth-order valence-electron chi connectivity index (χ4n) is 7.19. The van der Waals surface area contributed by atoms with Crippen LogP contribution >= 0.6 is 0 Å². The Morgan fingerprint density at radius 2 is 1.19 bits per heavy atom. The molecule has 0 aromatic carbocycles. The van der Waals surface area contributed by atoms with Crippen molar-refractivity contribution in [3.63, 3.8) is 0 Å². The second kappa shape index (κ2) is 24.7. The molecule has 6 nitrogen and oxygen atoms in total. The zero-order chi connectivity index (χ0) is 53.3. The van der Waals surface area contributed by atoms with Crippen LogP contribution in [0.15, 0.2) is 41.6 Å². The van der Waals surface area contributed by atoms with Crippen LogP contribution in [0.25, 0.3) is 6.08 Å². The van der Waals surface area contributed by atoms with Crippen LogP contribution in [-0.4, -0.2) is 77.0 Å². The third kappa shape index (κ3) is 20.0. The highest BCUT2D eigenvalue weighted by molar-refractivity contribution is 6.83. The molecule has 0 saturated heterocycles. The molecule has 1 heterocycles. The second-order valence-corrected chi connectivity index (χ2v) is 52.0. The van der Waals surface area contributed by atoms with E-state index in [-0.39, 0.29) is 50.2 Å². The number of pyridine rings is 1. The predicted molar refractivity (Wildman–Crippen MR) is 311 cm³/mol. The summed E-state index contributed by atoms with van der Waals surface area (Å²) in [4.78, 5) is 20.5. The van der Waals surface area contributed by atoms with E-state index in [0.29, 0.717) is 19.4 Å². The Morgan fingerprint density at radius 1 is 0.691 bits per heavy atom. The number of Topliss-reactive ketones (excluding diaryl/α,β-unsaturated/α-hetero) is 1. The van der Waals surface area contributed by atoms with Gasteiger partial charge in [-0.15, -0.1) is 11.5 Å². The Hall–Kier alpha value is -1.22. The monoisotopic (exact) mass is 1030 g/mol. The average molecular weight is 1030 g/mol. The summed E-state index contributed by atoms with van der Waals surface area (Å²) in [5, 5.41) is 0.140. The summed E-state index contributed by atoms with van der Waals surface area (Å²) in [6.07, 6.45) is 10.7. The lowest BCUT2D eigenvalue weighted by Gasteiger charge is -2.47. The van der Waals surface area contributed by atoms with E-state index in [0.717, 1.165) is 31.4 Å². The van der Waals surface area contributed by atoms with E-state index in [1.54, 1.807) is 0 Å². The van der Waals surface area contributed by atoms with Gasteiger partial charge < -0.3 is 17.7 Å². The molecule has 392 valence electrons. The van der Waals surface area contributed by atoms with Gasteiger partial charge in [-0.3, -0.25) is 9.78 Å². The summed E-state index contributed by atoms with van der Waals surface area (Å²) in [7, 11) is -10.5. The molecule has 0 saturated carbocycles. The molecular formula is C57H109NO5Si5. The van der Waals surface area contributed by atoms with E-state index in [4.69, 9.17) is 17.7 Å². The number of ketones is 1. The fourth-order valence-corrected chi connectivity index (χ4v) is 13.1. The summed E-state index contributed by atoms with van der Waals surface area (Å²) in [6, 6.07) is 6.06. The maximum Gasteiger partial charge on any atom is 0.192 e. The molecule has 0 amide bonds. The number of carbonyl (C=O) groups is 1. The first kappa shape index (κ1) is 64.8. The van der Waals surface area contributed by atoms with Crippen molar-refractivity contribution < 1.29 is 22.5 Å². The molecule has 1 aromatic rings.